The molecule has 2 N–H and O–H groups in total. The molecule has 180 valence electrons. The van der Waals surface area contributed by atoms with Gasteiger partial charge in [-0.15, -0.1) is 0 Å². The molecular weight excluding hydrogens is 432 g/mol. The van der Waals surface area contributed by atoms with Crippen LogP contribution in [0, 0.1) is 28.6 Å². The van der Waals surface area contributed by atoms with Gasteiger partial charge >= 0.3 is 5.97 Å². The van der Waals surface area contributed by atoms with Crippen molar-refractivity contribution in [3.8, 4) is 0 Å². The van der Waals surface area contributed by atoms with Crippen LogP contribution in [0.2, 0.25) is 0 Å². The van der Waals surface area contributed by atoms with Crippen LogP contribution < -0.4 is 0 Å². The lowest BCUT2D eigenvalue weighted by molar-refractivity contribution is -0.244. The summed E-state index contributed by atoms with van der Waals surface area (Å²) >= 11 is 0. The summed E-state index contributed by atoms with van der Waals surface area (Å²) in [4.78, 5) is 40.3. The Morgan fingerprint density at radius 2 is 1.88 bits per heavy atom. The second-order valence-electron chi connectivity index (χ2n) is 11.6. The highest BCUT2D eigenvalue weighted by molar-refractivity contribution is 6.12. The van der Waals surface area contributed by atoms with Crippen LogP contribution in [0.3, 0.4) is 0 Å². The van der Waals surface area contributed by atoms with Crippen molar-refractivity contribution in [3.05, 3.63) is 46.1 Å². The molecule has 34 heavy (non-hydrogen) atoms. The predicted octanol–water partition coefficient (Wildman–Crippen LogP) is 3.14. The molecular formula is C28H32O6. The maximum atomic E-state index is 14.1. The van der Waals surface area contributed by atoms with Gasteiger partial charge in [0.1, 0.15) is 5.60 Å². The Morgan fingerprint density at radius 1 is 1.15 bits per heavy atom. The Morgan fingerprint density at radius 3 is 2.53 bits per heavy atom. The predicted molar refractivity (Wildman–Crippen MR) is 123 cm³/mol. The number of aliphatic hydroxyl groups is 2. The zero-order chi connectivity index (χ0) is 24.4. The Balaban J connectivity index is 1.65. The number of carbonyl (C=O) groups excluding carboxylic acids is 3. The average Bonchev–Trinajstić information content (AvgIpc) is 3.27. The number of Topliss-reactive ketones (excluding diaryl/α,β-unsaturated/α-hetero) is 1. The standard InChI is InChI=1S/C28H32O6/c1-14-15(2)28(34-24(14)32)23(31)18(13-29)20-11-10-19-17-9-8-16-6-5-7-22(30)25(16,3)21(17)12-27(28,33)26(19,20)4/h5,7-8,17,19,21,29,33H,6,9-13H2,1-4H3/t17-,19-,21-,25-,26-,27+,28-/m0/s1. The third kappa shape index (κ3) is 2.03. The van der Waals surface area contributed by atoms with Gasteiger partial charge in [-0.25, -0.2) is 4.79 Å². The van der Waals surface area contributed by atoms with Crippen molar-refractivity contribution in [2.24, 2.45) is 28.6 Å². The Labute approximate surface area is 199 Å². The molecule has 6 nitrogen and oxygen atoms in total. The zero-order valence-corrected chi connectivity index (χ0v) is 20.2. The second-order valence-corrected chi connectivity index (χ2v) is 11.6. The molecule has 0 radical (unpaired) electrons. The van der Waals surface area contributed by atoms with Gasteiger partial charge in [0.15, 0.2) is 5.78 Å². The first-order valence-electron chi connectivity index (χ1n) is 12.4. The first-order valence-corrected chi connectivity index (χ1v) is 12.4. The molecule has 1 spiro atoms. The highest BCUT2D eigenvalue weighted by Gasteiger charge is 2.79. The number of aliphatic hydroxyl groups excluding tert-OH is 1. The summed E-state index contributed by atoms with van der Waals surface area (Å²) in [6.45, 7) is 6.86. The van der Waals surface area contributed by atoms with Crippen molar-refractivity contribution in [1.82, 2.24) is 0 Å². The van der Waals surface area contributed by atoms with E-state index < -0.39 is 40.4 Å². The lowest BCUT2D eigenvalue weighted by Crippen LogP contribution is -2.75. The number of rotatable bonds is 1. The lowest BCUT2D eigenvalue weighted by atomic mass is 9.39. The molecule has 2 saturated carbocycles. The van der Waals surface area contributed by atoms with Crippen LogP contribution in [0.15, 0.2) is 46.1 Å². The van der Waals surface area contributed by atoms with E-state index in [9.17, 15) is 24.6 Å². The van der Waals surface area contributed by atoms with E-state index in [0.29, 0.717) is 24.0 Å². The molecule has 6 heteroatoms. The van der Waals surface area contributed by atoms with E-state index in [4.69, 9.17) is 4.74 Å². The average molecular weight is 465 g/mol. The number of carbonyl (C=O) groups is 3. The van der Waals surface area contributed by atoms with Crippen LogP contribution >= 0.6 is 0 Å². The van der Waals surface area contributed by atoms with Crippen molar-refractivity contribution < 1.29 is 29.3 Å². The molecule has 1 heterocycles. The second kappa shape index (κ2) is 6.46. The lowest BCUT2D eigenvalue weighted by Gasteiger charge is -2.66. The fourth-order valence-electron chi connectivity index (χ4n) is 9.02. The number of fused-ring (bicyclic) bond motifs is 5. The van der Waals surface area contributed by atoms with Gasteiger partial charge in [0, 0.05) is 16.6 Å². The maximum Gasteiger partial charge on any atom is 0.335 e. The minimum atomic E-state index is -1.87. The van der Waals surface area contributed by atoms with Crippen LogP contribution in [-0.4, -0.2) is 45.6 Å². The fraction of sp³-hybridized carbons (Fsp3) is 0.607. The van der Waals surface area contributed by atoms with Crippen molar-refractivity contribution in [2.75, 3.05) is 6.61 Å². The van der Waals surface area contributed by atoms with Gasteiger partial charge in [0.2, 0.25) is 11.4 Å². The summed E-state index contributed by atoms with van der Waals surface area (Å²) in [5, 5.41) is 23.2. The third-order valence-corrected chi connectivity index (χ3v) is 11.0. The SMILES string of the molecule is CC1=C(C)[C@]2(OC1=O)C(=O)C(CO)=C1CC[C@H]3[C@@H]4CC=C5CC=CC(=O)[C@]5(C)[C@H]4C[C@@]2(O)[C@]13C. The van der Waals surface area contributed by atoms with Crippen molar-refractivity contribution >= 4 is 17.5 Å². The molecule has 0 aromatic rings. The molecule has 0 amide bonds. The van der Waals surface area contributed by atoms with Crippen molar-refractivity contribution in [2.45, 2.75) is 71.0 Å². The van der Waals surface area contributed by atoms with Gasteiger partial charge in [0.05, 0.1) is 12.0 Å². The fourth-order valence-corrected chi connectivity index (χ4v) is 9.02. The third-order valence-electron chi connectivity index (χ3n) is 11.0. The topological polar surface area (TPSA) is 101 Å². The van der Waals surface area contributed by atoms with Crippen LogP contribution in [-0.2, 0) is 19.1 Å². The number of ether oxygens (including phenoxy) is 1. The van der Waals surface area contributed by atoms with Crippen LogP contribution in [0.5, 0.6) is 0 Å². The smallest absolute Gasteiger partial charge is 0.335 e. The summed E-state index contributed by atoms with van der Waals surface area (Å²) in [6.07, 6.45) is 8.88. The molecule has 0 saturated heterocycles. The first-order chi connectivity index (χ1) is 16.0. The van der Waals surface area contributed by atoms with E-state index in [1.165, 1.54) is 0 Å². The summed E-state index contributed by atoms with van der Waals surface area (Å²) < 4.78 is 5.92. The molecule has 0 bridgehead atoms. The Bertz CT molecular complexity index is 1200. The minimum absolute atomic E-state index is 0.00138. The van der Waals surface area contributed by atoms with Crippen molar-refractivity contribution in [1.29, 1.82) is 0 Å². The molecule has 7 atom stereocenters. The molecule has 0 aromatic heterocycles. The molecule has 6 rings (SSSR count). The van der Waals surface area contributed by atoms with Gasteiger partial charge in [-0.2, -0.15) is 0 Å². The normalized spacial score (nSPS) is 47.1. The zero-order valence-electron chi connectivity index (χ0n) is 20.2. The number of hydrogen-bond acceptors (Lipinski definition) is 6. The highest BCUT2D eigenvalue weighted by atomic mass is 16.6. The Hall–Kier alpha value is -2.31. The van der Waals surface area contributed by atoms with Gasteiger partial charge in [0.25, 0.3) is 0 Å². The molecule has 5 aliphatic carbocycles. The summed E-state index contributed by atoms with van der Waals surface area (Å²) in [6, 6.07) is 0. The number of allylic oxidation sites excluding steroid dienone is 4. The van der Waals surface area contributed by atoms with Crippen LogP contribution in [0.4, 0.5) is 0 Å². The Kier molecular flexibility index (Phi) is 4.22. The van der Waals surface area contributed by atoms with E-state index in [1.807, 2.05) is 19.9 Å². The maximum absolute atomic E-state index is 14.1. The summed E-state index contributed by atoms with van der Waals surface area (Å²) in [5.74, 6) is -1.09. The minimum Gasteiger partial charge on any atom is -0.439 e. The van der Waals surface area contributed by atoms with Crippen LogP contribution in [0.25, 0.3) is 0 Å². The van der Waals surface area contributed by atoms with E-state index >= 15 is 0 Å². The molecule has 6 aliphatic rings. The van der Waals surface area contributed by atoms with Gasteiger partial charge in [-0.05, 0) is 82.3 Å². The molecule has 0 unspecified atom stereocenters. The quantitative estimate of drug-likeness (QED) is 0.457. The number of hydrogen-bond donors (Lipinski definition) is 2. The molecule has 1 aliphatic heterocycles. The number of ketones is 2. The van der Waals surface area contributed by atoms with Gasteiger partial charge in [-0.3, -0.25) is 9.59 Å². The van der Waals surface area contributed by atoms with Crippen molar-refractivity contribution in [3.63, 3.8) is 0 Å². The summed E-state index contributed by atoms with van der Waals surface area (Å²) in [5.41, 5.74) is -2.26. The summed E-state index contributed by atoms with van der Waals surface area (Å²) in [7, 11) is 0. The van der Waals surface area contributed by atoms with Gasteiger partial charge < -0.3 is 14.9 Å². The van der Waals surface area contributed by atoms with Crippen LogP contribution in [0.1, 0.15) is 59.8 Å². The van der Waals surface area contributed by atoms with E-state index in [-0.39, 0.29) is 35.5 Å². The number of esters is 1. The molecule has 0 aromatic carbocycles. The van der Waals surface area contributed by atoms with E-state index in [0.717, 1.165) is 24.0 Å². The largest absolute Gasteiger partial charge is 0.439 e. The monoisotopic (exact) mass is 464 g/mol. The molecule has 2 fully saturated rings. The van der Waals surface area contributed by atoms with E-state index in [1.54, 1.807) is 19.9 Å². The highest BCUT2D eigenvalue weighted by Crippen LogP contribution is 2.73. The van der Waals surface area contributed by atoms with Gasteiger partial charge in [-0.1, -0.05) is 30.2 Å². The first kappa shape index (κ1) is 22.2. The van der Waals surface area contributed by atoms with E-state index in [2.05, 4.69) is 6.08 Å².